The molecule has 0 saturated heterocycles. The van der Waals surface area contributed by atoms with E-state index >= 15 is 0 Å². The van der Waals surface area contributed by atoms with Crippen molar-refractivity contribution in [2.75, 3.05) is 5.73 Å². The summed E-state index contributed by atoms with van der Waals surface area (Å²) in [5, 5.41) is 1.29. The number of nitrogens with two attached hydrogens (primary N) is 1. The van der Waals surface area contributed by atoms with E-state index in [-0.39, 0.29) is 5.41 Å². The number of aromatic nitrogens is 3. The number of rotatable bonds is 2. The predicted molar refractivity (Wildman–Crippen MR) is 65.8 cm³/mol. The summed E-state index contributed by atoms with van der Waals surface area (Å²) in [7, 11) is 0. The third kappa shape index (κ3) is 2.97. The molecule has 2 aromatic rings. The number of anilines is 1. The quantitative estimate of drug-likeness (QED) is 0.825. The van der Waals surface area contributed by atoms with Crippen LogP contribution in [0.1, 0.15) is 26.6 Å². The van der Waals surface area contributed by atoms with Gasteiger partial charge in [-0.1, -0.05) is 20.8 Å². The summed E-state index contributed by atoms with van der Waals surface area (Å²) in [6.07, 6.45) is 3.12. The highest BCUT2D eigenvalue weighted by atomic mass is 32.2. The van der Waals surface area contributed by atoms with E-state index < -0.39 is 0 Å². The van der Waals surface area contributed by atoms with Crippen LogP contribution in [0, 0.1) is 0 Å². The molecule has 0 atom stereocenters. The normalized spacial score (nSPS) is 11.7. The lowest BCUT2D eigenvalue weighted by molar-refractivity contribution is 0.453. The minimum atomic E-state index is -0.138. The van der Waals surface area contributed by atoms with Crippen LogP contribution in [0.25, 0.3) is 0 Å². The first-order chi connectivity index (χ1) is 7.95. The van der Waals surface area contributed by atoms with Gasteiger partial charge in [0.05, 0.1) is 6.20 Å². The van der Waals surface area contributed by atoms with Crippen LogP contribution in [-0.4, -0.2) is 15.0 Å². The van der Waals surface area contributed by atoms with Crippen molar-refractivity contribution in [3.05, 3.63) is 24.4 Å². The fourth-order valence-electron chi connectivity index (χ4n) is 1.18. The van der Waals surface area contributed by atoms with Gasteiger partial charge in [-0.3, -0.25) is 0 Å². The van der Waals surface area contributed by atoms with E-state index in [9.17, 15) is 0 Å². The second kappa shape index (κ2) is 4.37. The van der Waals surface area contributed by atoms with Gasteiger partial charge in [0.2, 0.25) is 0 Å². The van der Waals surface area contributed by atoms with Gasteiger partial charge in [-0.2, -0.15) is 0 Å². The van der Waals surface area contributed by atoms with Gasteiger partial charge >= 0.3 is 0 Å². The molecule has 2 rings (SSSR count). The van der Waals surface area contributed by atoms with Gasteiger partial charge in [-0.25, -0.2) is 15.0 Å². The highest BCUT2D eigenvalue weighted by Crippen LogP contribution is 2.28. The summed E-state index contributed by atoms with van der Waals surface area (Å²) in [5.74, 6) is 1.17. The predicted octanol–water partition coefficient (Wildman–Crippen LogP) is 2.50. The Bertz CT molecular complexity index is 505. The molecule has 0 fully saturated rings. The zero-order chi connectivity index (χ0) is 12.5. The van der Waals surface area contributed by atoms with Crippen LogP contribution < -0.4 is 5.73 Å². The minimum Gasteiger partial charge on any atom is -0.440 e. The number of nitrogens with zero attached hydrogens (tertiary/aromatic N) is 3. The Balaban J connectivity index is 2.32. The Morgan fingerprint density at radius 3 is 2.65 bits per heavy atom. The molecule has 0 aliphatic carbocycles. The maximum atomic E-state index is 5.77. The highest BCUT2D eigenvalue weighted by Gasteiger charge is 2.19. The van der Waals surface area contributed by atoms with Crippen LogP contribution in [0.4, 0.5) is 5.82 Å². The molecule has 90 valence electrons. The van der Waals surface area contributed by atoms with Gasteiger partial charge in [-0.05, 0) is 11.8 Å². The van der Waals surface area contributed by atoms with E-state index in [2.05, 4.69) is 15.0 Å². The van der Waals surface area contributed by atoms with Crippen LogP contribution in [-0.2, 0) is 5.41 Å². The Labute approximate surface area is 104 Å². The Hall–Kier alpha value is -1.56. The number of hydrogen-bond acceptors (Lipinski definition) is 6. The minimum absolute atomic E-state index is 0.138. The zero-order valence-electron chi connectivity index (χ0n) is 9.97. The first-order valence-corrected chi connectivity index (χ1v) is 5.99. The summed E-state index contributed by atoms with van der Waals surface area (Å²) in [6.45, 7) is 6.13. The van der Waals surface area contributed by atoms with E-state index in [0.29, 0.717) is 16.9 Å². The molecule has 0 unspecified atom stereocenters. The summed E-state index contributed by atoms with van der Waals surface area (Å²) in [5.41, 5.74) is 5.63. The van der Waals surface area contributed by atoms with Crippen molar-refractivity contribution in [1.82, 2.24) is 15.0 Å². The SMILES string of the molecule is CC(C)(C)c1nc(N)cc(Sc2ncco2)n1. The van der Waals surface area contributed by atoms with Gasteiger partial charge in [0.25, 0.3) is 5.22 Å². The van der Waals surface area contributed by atoms with E-state index in [1.165, 1.54) is 18.0 Å². The second-order valence-electron chi connectivity index (χ2n) is 4.60. The summed E-state index contributed by atoms with van der Waals surface area (Å²) < 4.78 is 5.15. The van der Waals surface area contributed by atoms with Crippen molar-refractivity contribution in [3.63, 3.8) is 0 Å². The average Bonchev–Trinajstić information content (AvgIpc) is 2.68. The lowest BCUT2D eigenvalue weighted by atomic mass is 9.96. The maximum absolute atomic E-state index is 5.77. The van der Waals surface area contributed by atoms with Crippen molar-refractivity contribution in [2.45, 2.75) is 36.4 Å². The van der Waals surface area contributed by atoms with Gasteiger partial charge < -0.3 is 10.2 Å². The molecule has 2 N–H and O–H groups in total. The molecule has 5 nitrogen and oxygen atoms in total. The molecule has 2 heterocycles. The molecule has 0 bridgehead atoms. The van der Waals surface area contributed by atoms with Crippen molar-refractivity contribution in [1.29, 1.82) is 0 Å². The fourth-order valence-corrected chi connectivity index (χ4v) is 1.89. The maximum Gasteiger partial charge on any atom is 0.261 e. The molecule has 0 aromatic carbocycles. The molecule has 0 spiro atoms. The van der Waals surface area contributed by atoms with E-state index in [1.54, 1.807) is 12.3 Å². The molecule has 0 radical (unpaired) electrons. The topological polar surface area (TPSA) is 77.8 Å². The monoisotopic (exact) mass is 250 g/mol. The summed E-state index contributed by atoms with van der Waals surface area (Å²) in [6, 6.07) is 1.71. The van der Waals surface area contributed by atoms with Crippen LogP contribution in [0.3, 0.4) is 0 Å². The average molecular weight is 250 g/mol. The van der Waals surface area contributed by atoms with Gasteiger partial charge in [0.1, 0.15) is 22.9 Å². The molecule has 0 aliphatic rings. The lowest BCUT2D eigenvalue weighted by Crippen LogP contribution is -2.17. The number of hydrogen-bond donors (Lipinski definition) is 1. The largest absolute Gasteiger partial charge is 0.440 e. The van der Waals surface area contributed by atoms with Crippen molar-refractivity contribution in [2.24, 2.45) is 0 Å². The van der Waals surface area contributed by atoms with Crippen LogP contribution in [0.15, 0.2) is 33.2 Å². The molecule has 0 saturated carbocycles. The second-order valence-corrected chi connectivity index (χ2v) is 5.58. The Kier molecular flexibility index (Phi) is 3.06. The Morgan fingerprint density at radius 1 is 1.29 bits per heavy atom. The smallest absolute Gasteiger partial charge is 0.261 e. The zero-order valence-corrected chi connectivity index (χ0v) is 10.8. The van der Waals surface area contributed by atoms with Gasteiger partial charge in [0.15, 0.2) is 0 Å². The van der Waals surface area contributed by atoms with E-state index in [4.69, 9.17) is 10.2 Å². The molecular formula is C11H14N4OS. The molecule has 0 amide bonds. The number of nitrogen functional groups attached to an aromatic ring is 1. The fraction of sp³-hybridized carbons (Fsp3) is 0.364. The molecule has 0 aliphatic heterocycles. The molecule has 2 aromatic heterocycles. The molecule has 6 heteroatoms. The Morgan fingerprint density at radius 2 is 2.06 bits per heavy atom. The first kappa shape index (κ1) is 11.9. The van der Waals surface area contributed by atoms with E-state index in [1.807, 2.05) is 20.8 Å². The van der Waals surface area contributed by atoms with E-state index in [0.717, 1.165) is 5.03 Å². The third-order valence-corrected chi connectivity index (χ3v) is 2.79. The lowest BCUT2D eigenvalue weighted by Gasteiger charge is -2.17. The van der Waals surface area contributed by atoms with Crippen LogP contribution >= 0.6 is 11.8 Å². The third-order valence-electron chi connectivity index (χ3n) is 1.99. The first-order valence-electron chi connectivity index (χ1n) is 5.17. The summed E-state index contributed by atoms with van der Waals surface area (Å²) >= 11 is 1.33. The summed E-state index contributed by atoms with van der Waals surface area (Å²) in [4.78, 5) is 12.7. The van der Waals surface area contributed by atoms with Crippen molar-refractivity contribution < 1.29 is 4.42 Å². The molecular weight excluding hydrogens is 236 g/mol. The number of oxazole rings is 1. The highest BCUT2D eigenvalue weighted by molar-refractivity contribution is 7.99. The van der Waals surface area contributed by atoms with Gasteiger partial charge in [0, 0.05) is 11.5 Å². The van der Waals surface area contributed by atoms with Crippen molar-refractivity contribution >= 4 is 17.6 Å². The van der Waals surface area contributed by atoms with Crippen LogP contribution in [0.2, 0.25) is 0 Å². The van der Waals surface area contributed by atoms with Crippen molar-refractivity contribution in [3.8, 4) is 0 Å². The standard InChI is InChI=1S/C11H14N4OS/c1-11(2,3)9-14-7(12)6-8(15-9)17-10-13-4-5-16-10/h4-6H,1-3H3,(H2,12,14,15). The van der Waals surface area contributed by atoms with Gasteiger partial charge in [-0.15, -0.1) is 0 Å². The van der Waals surface area contributed by atoms with Crippen LogP contribution in [0.5, 0.6) is 0 Å². The molecule has 17 heavy (non-hydrogen) atoms.